The molecule has 1 N–H and O–H groups in total. The Morgan fingerprint density at radius 1 is 1.29 bits per heavy atom. The second kappa shape index (κ2) is 6.30. The molecule has 4 nitrogen and oxygen atoms in total. The van der Waals surface area contributed by atoms with Crippen LogP contribution in [0.2, 0.25) is 5.02 Å². The van der Waals surface area contributed by atoms with Crippen LogP contribution in [0, 0.1) is 5.82 Å². The van der Waals surface area contributed by atoms with Gasteiger partial charge in [0.1, 0.15) is 5.82 Å². The van der Waals surface area contributed by atoms with Gasteiger partial charge in [-0.15, -0.1) is 0 Å². The Kier molecular flexibility index (Phi) is 4.42. The van der Waals surface area contributed by atoms with E-state index in [0.29, 0.717) is 18.3 Å². The summed E-state index contributed by atoms with van der Waals surface area (Å²) in [4.78, 5) is 14.1. The fourth-order valence-corrected chi connectivity index (χ4v) is 3.01. The number of hydrogen-bond acceptors (Lipinski definition) is 3. The molecule has 6 heteroatoms. The topological polar surface area (TPSA) is 41.6 Å². The minimum absolute atomic E-state index is 0.00298. The number of nitrogens with zero attached hydrogens (tertiary/aromatic N) is 1. The minimum Gasteiger partial charge on any atom is -0.381 e. The molecule has 1 atom stereocenters. The van der Waals surface area contributed by atoms with Crippen molar-refractivity contribution in [2.75, 3.05) is 24.7 Å². The lowest BCUT2D eigenvalue weighted by atomic mass is 10.1. The van der Waals surface area contributed by atoms with Crippen molar-refractivity contribution < 1.29 is 13.9 Å². The van der Waals surface area contributed by atoms with Gasteiger partial charge < -0.3 is 15.0 Å². The van der Waals surface area contributed by atoms with Crippen LogP contribution in [-0.2, 0) is 9.53 Å². The molecule has 2 aliphatic rings. The summed E-state index contributed by atoms with van der Waals surface area (Å²) in [7, 11) is 0. The molecule has 0 aliphatic carbocycles. The van der Waals surface area contributed by atoms with E-state index in [4.69, 9.17) is 16.3 Å². The fourth-order valence-electron chi connectivity index (χ4n) is 2.89. The second-order valence-corrected chi connectivity index (χ2v) is 5.89. The Balaban J connectivity index is 1.66. The molecule has 0 radical (unpaired) electrons. The highest BCUT2D eigenvalue weighted by Crippen LogP contribution is 2.26. The Labute approximate surface area is 128 Å². The molecule has 1 unspecified atom stereocenters. The maximum absolute atomic E-state index is 13.5. The van der Waals surface area contributed by atoms with Gasteiger partial charge in [-0.05, 0) is 37.5 Å². The van der Waals surface area contributed by atoms with E-state index >= 15 is 0 Å². The number of nitrogens with one attached hydrogen (secondary N) is 1. The molecule has 0 bridgehead atoms. The van der Waals surface area contributed by atoms with Crippen LogP contribution in [-0.4, -0.2) is 37.7 Å². The average Bonchev–Trinajstić information content (AvgIpc) is 2.84. The monoisotopic (exact) mass is 312 g/mol. The number of ether oxygens (including phenoxy) is 1. The van der Waals surface area contributed by atoms with Crippen LogP contribution in [0.1, 0.15) is 19.3 Å². The Morgan fingerprint density at radius 3 is 2.76 bits per heavy atom. The summed E-state index contributed by atoms with van der Waals surface area (Å²) in [6.07, 6.45) is 2.60. The average molecular weight is 313 g/mol. The van der Waals surface area contributed by atoms with Gasteiger partial charge in [0.2, 0.25) is 5.91 Å². The van der Waals surface area contributed by atoms with Crippen LogP contribution >= 0.6 is 11.6 Å². The predicted octanol–water partition coefficient (Wildman–Crippen LogP) is 2.35. The van der Waals surface area contributed by atoms with Crippen LogP contribution in [0.25, 0.3) is 0 Å². The molecular formula is C15H18ClFN2O2. The molecule has 1 aromatic carbocycles. The first-order valence-corrected chi connectivity index (χ1v) is 7.63. The number of amides is 1. The van der Waals surface area contributed by atoms with Crippen molar-refractivity contribution in [3.8, 4) is 0 Å². The highest BCUT2D eigenvalue weighted by molar-refractivity contribution is 6.30. The Morgan fingerprint density at radius 2 is 2.05 bits per heavy atom. The first-order valence-electron chi connectivity index (χ1n) is 7.25. The molecule has 21 heavy (non-hydrogen) atoms. The van der Waals surface area contributed by atoms with Gasteiger partial charge >= 0.3 is 0 Å². The van der Waals surface area contributed by atoms with Crippen molar-refractivity contribution in [3.63, 3.8) is 0 Å². The van der Waals surface area contributed by atoms with Gasteiger partial charge in [0.05, 0.1) is 11.1 Å². The van der Waals surface area contributed by atoms with E-state index in [9.17, 15) is 9.18 Å². The molecule has 0 saturated carbocycles. The second-order valence-electron chi connectivity index (χ2n) is 5.48. The first-order chi connectivity index (χ1) is 10.1. The lowest BCUT2D eigenvalue weighted by Crippen LogP contribution is -2.45. The molecule has 2 aliphatic heterocycles. The largest absolute Gasteiger partial charge is 0.381 e. The van der Waals surface area contributed by atoms with E-state index in [1.165, 1.54) is 12.1 Å². The normalized spacial score (nSPS) is 23.8. The van der Waals surface area contributed by atoms with E-state index in [-0.39, 0.29) is 17.0 Å². The van der Waals surface area contributed by atoms with E-state index in [0.717, 1.165) is 32.5 Å². The highest BCUT2D eigenvalue weighted by atomic mass is 35.5. The van der Waals surface area contributed by atoms with Crippen LogP contribution < -0.4 is 10.2 Å². The van der Waals surface area contributed by atoms with Crippen LogP contribution in [0.4, 0.5) is 10.1 Å². The zero-order valence-corrected chi connectivity index (χ0v) is 12.4. The maximum atomic E-state index is 13.5. The van der Waals surface area contributed by atoms with Crippen LogP contribution in [0.5, 0.6) is 0 Å². The van der Waals surface area contributed by atoms with E-state index in [2.05, 4.69) is 5.32 Å². The standard InChI is InChI=1S/C15H18ClFN2O2/c16-12-2-1-11(9-13(12)17)19-6-3-14(15(19)20)18-10-4-7-21-8-5-10/h1-2,9-10,14,18H,3-8H2. The van der Waals surface area contributed by atoms with Crippen molar-refractivity contribution in [1.82, 2.24) is 5.32 Å². The van der Waals surface area contributed by atoms with E-state index < -0.39 is 5.82 Å². The third-order valence-corrected chi connectivity index (χ3v) is 4.39. The lowest BCUT2D eigenvalue weighted by Gasteiger charge is -2.26. The maximum Gasteiger partial charge on any atom is 0.244 e. The molecule has 2 saturated heterocycles. The molecule has 0 aromatic heterocycles. The summed E-state index contributed by atoms with van der Waals surface area (Å²) in [5, 5.41) is 3.47. The summed E-state index contributed by atoms with van der Waals surface area (Å²) in [6.45, 7) is 2.08. The molecule has 1 amide bonds. The summed E-state index contributed by atoms with van der Waals surface area (Å²) in [5.41, 5.74) is 0.568. The molecule has 2 heterocycles. The minimum atomic E-state index is -0.497. The number of carbonyl (C=O) groups excluding carboxylic acids is 1. The summed E-state index contributed by atoms with van der Waals surface area (Å²) in [5.74, 6) is -0.494. The third-order valence-electron chi connectivity index (χ3n) is 4.08. The summed E-state index contributed by atoms with van der Waals surface area (Å²) < 4.78 is 18.8. The van der Waals surface area contributed by atoms with Crippen LogP contribution in [0.3, 0.4) is 0 Å². The number of benzene rings is 1. The Bertz CT molecular complexity index is 534. The summed E-state index contributed by atoms with van der Waals surface area (Å²) in [6, 6.07) is 4.62. The molecule has 2 fully saturated rings. The van der Waals surface area contributed by atoms with Crippen LogP contribution in [0.15, 0.2) is 18.2 Å². The van der Waals surface area contributed by atoms with Gasteiger partial charge in [-0.1, -0.05) is 11.6 Å². The van der Waals surface area contributed by atoms with Gasteiger partial charge in [-0.3, -0.25) is 4.79 Å². The number of rotatable bonds is 3. The van der Waals surface area contributed by atoms with E-state index in [1.54, 1.807) is 11.0 Å². The van der Waals surface area contributed by atoms with Gasteiger partial charge in [0.15, 0.2) is 0 Å². The number of hydrogen-bond donors (Lipinski definition) is 1. The summed E-state index contributed by atoms with van der Waals surface area (Å²) >= 11 is 5.68. The Hall–Kier alpha value is -1.17. The molecule has 0 spiro atoms. The fraction of sp³-hybridized carbons (Fsp3) is 0.533. The van der Waals surface area contributed by atoms with Gasteiger partial charge in [0.25, 0.3) is 0 Å². The molecule has 3 rings (SSSR count). The van der Waals surface area contributed by atoms with Gasteiger partial charge in [-0.2, -0.15) is 0 Å². The quantitative estimate of drug-likeness (QED) is 0.931. The smallest absolute Gasteiger partial charge is 0.244 e. The lowest BCUT2D eigenvalue weighted by molar-refractivity contribution is -0.119. The van der Waals surface area contributed by atoms with Crippen molar-refractivity contribution >= 4 is 23.2 Å². The van der Waals surface area contributed by atoms with Crippen molar-refractivity contribution in [3.05, 3.63) is 29.0 Å². The molecule has 114 valence electrons. The number of halogens is 2. The van der Waals surface area contributed by atoms with Gasteiger partial charge in [0, 0.05) is 31.5 Å². The van der Waals surface area contributed by atoms with Crippen molar-refractivity contribution in [2.45, 2.75) is 31.3 Å². The third kappa shape index (κ3) is 3.20. The molecular weight excluding hydrogens is 295 g/mol. The first kappa shape index (κ1) is 14.8. The zero-order valence-electron chi connectivity index (χ0n) is 11.6. The van der Waals surface area contributed by atoms with E-state index in [1.807, 2.05) is 0 Å². The number of carbonyl (C=O) groups is 1. The highest BCUT2D eigenvalue weighted by Gasteiger charge is 2.34. The van der Waals surface area contributed by atoms with Crippen molar-refractivity contribution in [1.29, 1.82) is 0 Å². The predicted molar refractivity (Wildman–Crippen MR) is 79.1 cm³/mol. The number of anilines is 1. The van der Waals surface area contributed by atoms with Gasteiger partial charge in [-0.25, -0.2) is 4.39 Å². The zero-order chi connectivity index (χ0) is 14.8. The molecule has 1 aromatic rings. The van der Waals surface area contributed by atoms with Crippen molar-refractivity contribution in [2.24, 2.45) is 0 Å². The SMILES string of the molecule is O=C1C(NC2CCOCC2)CCN1c1ccc(Cl)c(F)c1.